The standard InChI is InChI=1S/C17H27NO3S/c1-5-6-11-21-15-9-7-14-8-10-17(16(14)12-15)18(4)22(19,20)13(2)3/h7,9,12-13,17H,5-6,8,10-11H2,1-4H3. The van der Waals surface area contributed by atoms with Crippen molar-refractivity contribution in [3.05, 3.63) is 29.3 Å². The molecule has 0 saturated heterocycles. The number of rotatable bonds is 7. The Kier molecular flexibility index (Phi) is 5.50. The van der Waals surface area contributed by atoms with Gasteiger partial charge in [-0.25, -0.2) is 8.42 Å². The van der Waals surface area contributed by atoms with Gasteiger partial charge in [0.1, 0.15) is 5.75 Å². The third-order valence-corrected chi connectivity index (χ3v) is 6.61. The summed E-state index contributed by atoms with van der Waals surface area (Å²) in [4.78, 5) is 0. The van der Waals surface area contributed by atoms with Gasteiger partial charge in [-0.15, -0.1) is 0 Å². The lowest BCUT2D eigenvalue weighted by Gasteiger charge is -2.26. The summed E-state index contributed by atoms with van der Waals surface area (Å²) in [5.74, 6) is 0.842. The molecule has 1 aliphatic rings. The Bertz CT molecular complexity index is 610. The number of aryl methyl sites for hydroxylation is 1. The molecular weight excluding hydrogens is 298 g/mol. The molecule has 0 aromatic heterocycles. The van der Waals surface area contributed by atoms with Gasteiger partial charge in [0.25, 0.3) is 0 Å². The van der Waals surface area contributed by atoms with Crippen LogP contribution in [0.25, 0.3) is 0 Å². The van der Waals surface area contributed by atoms with Crippen molar-refractivity contribution < 1.29 is 13.2 Å². The minimum Gasteiger partial charge on any atom is -0.494 e. The van der Waals surface area contributed by atoms with Crippen LogP contribution in [0.2, 0.25) is 0 Å². The number of nitrogens with zero attached hydrogens (tertiary/aromatic N) is 1. The number of benzene rings is 1. The maximum absolute atomic E-state index is 12.4. The molecule has 0 amide bonds. The third-order valence-electron chi connectivity index (χ3n) is 4.37. The van der Waals surface area contributed by atoms with E-state index in [1.807, 2.05) is 12.1 Å². The van der Waals surface area contributed by atoms with Gasteiger partial charge in [0.15, 0.2) is 0 Å². The number of hydrogen-bond donors (Lipinski definition) is 0. The van der Waals surface area contributed by atoms with E-state index in [4.69, 9.17) is 4.74 Å². The highest BCUT2D eigenvalue weighted by atomic mass is 32.2. The van der Waals surface area contributed by atoms with Crippen molar-refractivity contribution in [3.63, 3.8) is 0 Å². The molecule has 1 aliphatic carbocycles. The van der Waals surface area contributed by atoms with Gasteiger partial charge in [0.05, 0.1) is 17.9 Å². The van der Waals surface area contributed by atoms with Crippen LogP contribution < -0.4 is 4.74 Å². The summed E-state index contributed by atoms with van der Waals surface area (Å²) in [6.45, 7) is 6.30. The largest absolute Gasteiger partial charge is 0.494 e. The van der Waals surface area contributed by atoms with Gasteiger partial charge in [-0.3, -0.25) is 0 Å². The molecule has 0 fully saturated rings. The van der Waals surface area contributed by atoms with Gasteiger partial charge in [-0.05, 0) is 56.4 Å². The van der Waals surface area contributed by atoms with Gasteiger partial charge >= 0.3 is 0 Å². The minimum atomic E-state index is -3.24. The first-order valence-corrected chi connectivity index (χ1v) is 9.60. The summed E-state index contributed by atoms with van der Waals surface area (Å²) in [6, 6.07) is 6.02. The molecule has 0 bridgehead atoms. The molecule has 0 aliphatic heterocycles. The van der Waals surface area contributed by atoms with E-state index < -0.39 is 15.3 Å². The fraction of sp³-hybridized carbons (Fsp3) is 0.647. The van der Waals surface area contributed by atoms with Gasteiger partial charge in [0.2, 0.25) is 10.0 Å². The quantitative estimate of drug-likeness (QED) is 0.721. The van der Waals surface area contributed by atoms with Crippen molar-refractivity contribution in [1.82, 2.24) is 4.31 Å². The Balaban J connectivity index is 2.21. The number of fused-ring (bicyclic) bond motifs is 1. The van der Waals surface area contributed by atoms with E-state index in [9.17, 15) is 8.42 Å². The highest BCUT2D eigenvalue weighted by molar-refractivity contribution is 7.89. The second kappa shape index (κ2) is 7.01. The number of sulfonamides is 1. The van der Waals surface area contributed by atoms with Crippen LogP contribution in [-0.4, -0.2) is 31.6 Å². The number of unbranched alkanes of at least 4 members (excludes halogenated alkanes) is 1. The molecule has 1 atom stereocenters. The van der Waals surface area contributed by atoms with Crippen molar-refractivity contribution in [2.24, 2.45) is 0 Å². The molecular formula is C17H27NO3S. The average molecular weight is 325 g/mol. The van der Waals surface area contributed by atoms with E-state index in [2.05, 4.69) is 13.0 Å². The zero-order chi connectivity index (χ0) is 16.3. The fourth-order valence-corrected chi connectivity index (χ4v) is 4.11. The molecule has 1 aromatic carbocycles. The van der Waals surface area contributed by atoms with E-state index in [0.717, 1.165) is 37.0 Å². The Morgan fingerprint density at radius 2 is 2.09 bits per heavy atom. The van der Waals surface area contributed by atoms with E-state index in [0.29, 0.717) is 6.61 Å². The molecule has 2 rings (SSSR count). The first-order chi connectivity index (χ1) is 10.4. The second-order valence-electron chi connectivity index (χ2n) is 6.23. The van der Waals surface area contributed by atoms with Gasteiger partial charge < -0.3 is 4.74 Å². The first kappa shape index (κ1) is 17.3. The zero-order valence-electron chi connectivity index (χ0n) is 14.0. The van der Waals surface area contributed by atoms with Crippen molar-refractivity contribution in [2.45, 2.75) is 57.7 Å². The van der Waals surface area contributed by atoms with Crippen LogP contribution in [0.4, 0.5) is 0 Å². The van der Waals surface area contributed by atoms with E-state index in [1.54, 1.807) is 25.2 Å². The van der Waals surface area contributed by atoms with Crippen LogP contribution >= 0.6 is 0 Å². The molecule has 1 aromatic rings. The van der Waals surface area contributed by atoms with Gasteiger partial charge in [0, 0.05) is 7.05 Å². The lowest BCUT2D eigenvalue weighted by Crippen LogP contribution is -2.35. The summed E-state index contributed by atoms with van der Waals surface area (Å²) in [5, 5.41) is -0.398. The monoisotopic (exact) mass is 325 g/mol. The molecule has 0 radical (unpaired) electrons. The summed E-state index contributed by atoms with van der Waals surface area (Å²) >= 11 is 0. The average Bonchev–Trinajstić information content (AvgIpc) is 2.89. The summed E-state index contributed by atoms with van der Waals surface area (Å²) in [7, 11) is -1.55. The molecule has 5 heteroatoms. The molecule has 0 N–H and O–H groups in total. The van der Waals surface area contributed by atoms with E-state index in [-0.39, 0.29) is 6.04 Å². The van der Waals surface area contributed by atoms with Crippen molar-refractivity contribution in [3.8, 4) is 5.75 Å². The Morgan fingerprint density at radius 1 is 1.36 bits per heavy atom. The van der Waals surface area contributed by atoms with Crippen molar-refractivity contribution in [1.29, 1.82) is 0 Å². The van der Waals surface area contributed by atoms with Gasteiger partial charge in [-0.1, -0.05) is 19.4 Å². The van der Waals surface area contributed by atoms with Crippen LogP contribution in [0.1, 0.15) is 57.2 Å². The summed E-state index contributed by atoms with van der Waals surface area (Å²) in [5.41, 5.74) is 2.33. The van der Waals surface area contributed by atoms with E-state index >= 15 is 0 Å². The molecule has 124 valence electrons. The lowest BCUT2D eigenvalue weighted by molar-refractivity contribution is 0.308. The predicted molar refractivity (Wildman–Crippen MR) is 89.7 cm³/mol. The Hall–Kier alpha value is -1.07. The maximum atomic E-state index is 12.4. The molecule has 4 nitrogen and oxygen atoms in total. The Labute approximate surface area is 134 Å². The van der Waals surface area contributed by atoms with Crippen LogP contribution in [0.15, 0.2) is 18.2 Å². The summed E-state index contributed by atoms with van der Waals surface area (Å²) < 4.78 is 32.1. The number of ether oxygens (including phenoxy) is 1. The van der Waals surface area contributed by atoms with Crippen LogP contribution in [0.3, 0.4) is 0 Å². The molecule has 1 unspecified atom stereocenters. The van der Waals surface area contributed by atoms with Gasteiger partial charge in [-0.2, -0.15) is 4.31 Å². The van der Waals surface area contributed by atoms with Crippen LogP contribution in [0.5, 0.6) is 5.75 Å². The molecule has 0 saturated carbocycles. The van der Waals surface area contributed by atoms with Crippen molar-refractivity contribution >= 4 is 10.0 Å². The summed E-state index contributed by atoms with van der Waals surface area (Å²) in [6.07, 6.45) is 3.90. The smallest absolute Gasteiger partial charge is 0.216 e. The highest BCUT2D eigenvalue weighted by Crippen LogP contribution is 2.38. The normalized spacial score (nSPS) is 18.0. The minimum absolute atomic E-state index is 0.0721. The van der Waals surface area contributed by atoms with E-state index in [1.165, 1.54) is 5.56 Å². The number of hydrogen-bond acceptors (Lipinski definition) is 3. The maximum Gasteiger partial charge on any atom is 0.216 e. The first-order valence-electron chi connectivity index (χ1n) is 8.10. The topological polar surface area (TPSA) is 46.6 Å². The van der Waals surface area contributed by atoms with Crippen LogP contribution in [0, 0.1) is 0 Å². The zero-order valence-corrected chi connectivity index (χ0v) is 14.8. The Morgan fingerprint density at radius 3 is 2.73 bits per heavy atom. The third kappa shape index (κ3) is 3.46. The fourth-order valence-electron chi connectivity index (χ4n) is 2.87. The second-order valence-corrected chi connectivity index (χ2v) is 8.78. The molecule has 22 heavy (non-hydrogen) atoms. The molecule has 0 heterocycles. The molecule has 0 spiro atoms. The lowest BCUT2D eigenvalue weighted by atomic mass is 10.1. The highest BCUT2D eigenvalue weighted by Gasteiger charge is 2.34. The predicted octanol–water partition coefficient (Wildman–Crippen LogP) is 3.52. The van der Waals surface area contributed by atoms with Crippen LogP contribution in [-0.2, 0) is 16.4 Å². The SMILES string of the molecule is CCCCOc1ccc2c(c1)C(N(C)S(=O)(=O)C(C)C)CC2. The van der Waals surface area contributed by atoms with Crippen molar-refractivity contribution in [2.75, 3.05) is 13.7 Å².